The third-order valence-corrected chi connectivity index (χ3v) is 4.56. The van der Waals surface area contributed by atoms with Crippen LogP contribution >= 0.6 is 31.9 Å². The number of hydrogen-bond acceptors (Lipinski definition) is 4. The number of methoxy groups -OCH3 is 3. The molecule has 0 N–H and O–H groups in total. The summed E-state index contributed by atoms with van der Waals surface area (Å²) in [5.74, 6) is 3.28. The standard InChI is InChI=1S/C17H18Br2O4/c1-20-13-5-4-11(9-18)6-17(13)23-14-8-16(22-3)15(21-2)7-12(14)10-19/h4-8H,9-10H2,1-3H3. The quantitative estimate of drug-likeness (QED) is 0.542. The second-order valence-corrected chi connectivity index (χ2v) is 5.79. The van der Waals surface area contributed by atoms with Gasteiger partial charge in [0.1, 0.15) is 5.75 Å². The summed E-state index contributed by atoms with van der Waals surface area (Å²) in [6, 6.07) is 9.53. The van der Waals surface area contributed by atoms with Crippen LogP contribution in [-0.4, -0.2) is 21.3 Å². The molecule has 0 saturated heterocycles. The van der Waals surface area contributed by atoms with Crippen LogP contribution in [0.15, 0.2) is 30.3 Å². The fourth-order valence-corrected chi connectivity index (χ4v) is 2.89. The summed E-state index contributed by atoms with van der Waals surface area (Å²) in [5.41, 5.74) is 2.05. The Morgan fingerprint density at radius 1 is 0.696 bits per heavy atom. The highest BCUT2D eigenvalue weighted by Crippen LogP contribution is 2.40. The number of alkyl halides is 2. The number of halogens is 2. The molecule has 0 unspecified atom stereocenters. The molecule has 0 aliphatic carbocycles. The predicted octanol–water partition coefficient (Wildman–Crippen LogP) is 5.29. The van der Waals surface area contributed by atoms with Gasteiger partial charge in [-0.05, 0) is 23.8 Å². The fourth-order valence-electron chi connectivity index (χ4n) is 2.10. The maximum absolute atomic E-state index is 6.10. The highest BCUT2D eigenvalue weighted by molar-refractivity contribution is 9.08. The van der Waals surface area contributed by atoms with Crippen molar-refractivity contribution in [3.8, 4) is 28.7 Å². The maximum Gasteiger partial charge on any atom is 0.169 e. The normalized spacial score (nSPS) is 10.3. The highest BCUT2D eigenvalue weighted by atomic mass is 79.9. The summed E-state index contributed by atoms with van der Waals surface area (Å²) in [7, 11) is 4.83. The van der Waals surface area contributed by atoms with Crippen molar-refractivity contribution >= 4 is 31.9 Å². The van der Waals surface area contributed by atoms with Gasteiger partial charge in [0.2, 0.25) is 0 Å². The summed E-state index contributed by atoms with van der Waals surface area (Å²) in [6.07, 6.45) is 0. The molecule has 0 bridgehead atoms. The molecule has 2 aromatic rings. The Labute approximate surface area is 153 Å². The van der Waals surface area contributed by atoms with E-state index in [2.05, 4.69) is 31.9 Å². The Balaban J connectivity index is 2.46. The smallest absolute Gasteiger partial charge is 0.169 e. The lowest BCUT2D eigenvalue weighted by molar-refractivity contribution is 0.349. The molecule has 0 amide bonds. The fraction of sp³-hybridized carbons (Fsp3) is 0.294. The second kappa shape index (κ2) is 8.45. The first kappa shape index (κ1) is 17.9. The minimum absolute atomic E-state index is 0.614. The molecule has 0 radical (unpaired) electrons. The zero-order valence-corrected chi connectivity index (χ0v) is 16.4. The molecule has 0 aliphatic rings. The van der Waals surface area contributed by atoms with E-state index in [9.17, 15) is 0 Å². The number of rotatable bonds is 7. The first-order valence-electron chi connectivity index (χ1n) is 6.88. The van der Waals surface area contributed by atoms with E-state index in [4.69, 9.17) is 18.9 Å². The van der Waals surface area contributed by atoms with Crippen LogP contribution in [0.4, 0.5) is 0 Å². The molecule has 0 aliphatic heterocycles. The lowest BCUT2D eigenvalue weighted by Gasteiger charge is -2.16. The van der Waals surface area contributed by atoms with Crippen molar-refractivity contribution in [2.24, 2.45) is 0 Å². The van der Waals surface area contributed by atoms with Crippen molar-refractivity contribution in [1.29, 1.82) is 0 Å². The molecule has 23 heavy (non-hydrogen) atoms. The summed E-state index contributed by atoms with van der Waals surface area (Å²) < 4.78 is 22.2. The Bertz CT molecular complexity index is 674. The van der Waals surface area contributed by atoms with Gasteiger partial charge in [0.15, 0.2) is 23.0 Å². The third-order valence-electron chi connectivity index (χ3n) is 3.31. The second-order valence-electron chi connectivity index (χ2n) is 4.67. The van der Waals surface area contributed by atoms with Gasteiger partial charge in [-0.15, -0.1) is 0 Å². The van der Waals surface area contributed by atoms with E-state index in [1.165, 1.54) is 0 Å². The van der Waals surface area contributed by atoms with Crippen molar-refractivity contribution in [2.75, 3.05) is 21.3 Å². The van der Waals surface area contributed by atoms with Gasteiger partial charge < -0.3 is 18.9 Å². The van der Waals surface area contributed by atoms with E-state index in [-0.39, 0.29) is 0 Å². The van der Waals surface area contributed by atoms with Gasteiger partial charge in [-0.1, -0.05) is 37.9 Å². The molecule has 0 fully saturated rings. The Kier molecular flexibility index (Phi) is 6.59. The lowest BCUT2D eigenvalue weighted by atomic mass is 10.2. The first-order chi connectivity index (χ1) is 11.2. The van der Waals surface area contributed by atoms with Crippen LogP contribution in [-0.2, 0) is 10.7 Å². The molecular weight excluding hydrogens is 428 g/mol. The molecule has 2 rings (SSSR count). The van der Waals surface area contributed by atoms with Crippen molar-refractivity contribution in [1.82, 2.24) is 0 Å². The zero-order valence-electron chi connectivity index (χ0n) is 13.2. The third kappa shape index (κ3) is 4.12. The molecule has 0 aromatic heterocycles. The van der Waals surface area contributed by atoms with E-state index in [1.807, 2.05) is 30.3 Å². The summed E-state index contributed by atoms with van der Waals surface area (Å²) in [6.45, 7) is 0. The van der Waals surface area contributed by atoms with Crippen LogP contribution in [0.2, 0.25) is 0 Å². The molecule has 0 spiro atoms. The average molecular weight is 446 g/mol. The summed E-state index contributed by atoms with van der Waals surface area (Å²) in [5, 5.41) is 1.37. The van der Waals surface area contributed by atoms with E-state index >= 15 is 0 Å². The van der Waals surface area contributed by atoms with Crippen LogP contribution in [0, 0.1) is 0 Å². The topological polar surface area (TPSA) is 36.9 Å². The van der Waals surface area contributed by atoms with Crippen LogP contribution in [0.1, 0.15) is 11.1 Å². The minimum Gasteiger partial charge on any atom is -0.493 e. The average Bonchev–Trinajstić information content (AvgIpc) is 2.61. The van der Waals surface area contributed by atoms with Crippen LogP contribution < -0.4 is 18.9 Å². The largest absolute Gasteiger partial charge is 0.493 e. The van der Waals surface area contributed by atoms with Crippen LogP contribution in [0.5, 0.6) is 28.7 Å². The van der Waals surface area contributed by atoms with Gasteiger partial charge in [0.25, 0.3) is 0 Å². The Morgan fingerprint density at radius 2 is 1.35 bits per heavy atom. The van der Waals surface area contributed by atoms with E-state index in [1.54, 1.807) is 21.3 Å². The first-order valence-corrected chi connectivity index (χ1v) is 9.12. The van der Waals surface area contributed by atoms with E-state index < -0.39 is 0 Å². The minimum atomic E-state index is 0.614. The van der Waals surface area contributed by atoms with Gasteiger partial charge in [0.05, 0.1) is 21.3 Å². The number of ether oxygens (including phenoxy) is 4. The van der Waals surface area contributed by atoms with Gasteiger partial charge in [0, 0.05) is 22.3 Å². The maximum atomic E-state index is 6.10. The molecule has 4 nitrogen and oxygen atoms in total. The van der Waals surface area contributed by atoms with Gasteiger partial charge in [-0.25, -0.2) is 0 Å². The summed E-state index contributed by atoms with van der Waals surface area (Å²) >= 11 is 6.93. The molecule has 6 heteroatoms. The molecular formula is C17H18Br2O4. The monoisotopic (exact) mass is 444 g/mol. The number of hydrogen-bond donors (Lipinski definition) is 0. The zero-order chi connectivity index (χ0) is 16.8. The van der Waals surface area contributed by atoms with Crippen LogP contribution in [0.3, 0.4) is 0 Å². The van der Waals surface area contributed by atoms with Gasteiger partial charge >= 0.3 is 0 Å². The van der Waals surface area contributed by atoms with Crippen molar-refractivity contribution in [2.45, 2.75) is 10.7 Å². The van der Waals surface area contributed by atoms with E-state index in [0.29, 0.717) is 34.1 Å². The van der Waals surface area contributed by atoms with Crippen molar-refractivity contribution in [3.63, 3.8) is 0 Å². The van der Waals surface area contributed by atoms with Crippen molar-refractivity contribution < 1.29 is 18.9 Å². The highest BCUT2D eigenvalue weighted by Gasteiger charge is 2.14. The van der Waals surface area contributed by atoms with E-state index in [0.717, 1.165) is 16.5 Å². The molecule has 0 heterocycles. The Hall–Kier alpha value is -1.40. The SMILES string of the molecule is COc1cc(CBr)c(Oc2cc(CBr)ccc2OC)cc1OC. The molecule has 124 valence electrons. The summed E-state index contributed by atoms with van der Waals surface area (Å²) in [4.78, 5) is 0. The predicted molar refractivity (Wildman–Crippen MR) is 97.9 cm³/mol. The van der Waals surface area contributed by atoms with Gasteiger partial charge in [-0.3, -0.25) is 0 Å². The van der Waals surface area contributed by atoms with Crippen molar-refractivity contribution in [3.05, 3.63) is 41.5 Å². The number of benzene rings is 2. The lowest BCUT2D eigenvalue weighted by Crippen LogP contribution is -1.97. The molecule has 2 aromatic carbocycles. The van der Waals surface area contributed by atoms with Crippen LogP contribution in [0.25, 0.3) is 0 Å². The van der Waals surface area contributed by atoms with Gasteiger partial charge in [-0.2, -0.15) is 0 Å². The Morgan fingerprint density at radius 3 is 1.91 bits per heavy atom. The molecule has 0 saturated carbocycles. The molecule has 0 atom stereocenters.